The minimum atomic E-state index is -1.39. The highest BCUT2D eigenvalue weighted by Crippen LogP contribution is 2.33. The van der Waals surface area contributed by atoms with Crippen LogP contribution in [0.4, 0.5) is 4.39 Å². The van der Waals surface area contributed by atoms with Crippen molar-refractivity contribution in [2.75, 3.05) is 14.2 Å². The minimum absolute atomic E-state index is 0.0112. The molecule has 2 atom stereocenters. The lowest BCUT2D eigenvalue weighted by atomic mass is 9.85. The zero-order valence-corrected chi connectivity index (χ0v) is 19.8. The summed E-state index contributed by atoms with van der Waals surface area (Å²) in [5, 5.41) is 3.03. The van der Waals surface area contributed by atoms with E-state index in [0.717, 1.165) is 36.8 Å². The molecule has 1 saturated carbocycles. The van der Waals surface area contributed by atoms with Crippen molar-refractivity contribution in [1.29, 1.82) is 0 Å². The van der Waals surface area contributed by atoms with Crippen LogP contribution in [0.15, 0.2) is 41.3 Å². The van der Waals surface area contributed by atoms with Crippen LogP contribution < -0.4 is 19.5 Å². The summed E-state index contributed by atoms with van der Waals surface area (Å²) in [5.74, 6) is 0.786. The number of benzene rings is 2. The van der Waals surface area contributed by atoms with Crippen molar-refractivity contribution in [3.63, 3.8) is 0 Å². The molecule has 174 valence electrons. The number of ether oxygens (including phenoxy) is 2. The molecule has 1 amide bonds. The number of carbonyl (C=O) groups excluding carboxylic acids is 1. The average molecular weight is 463 g/mol. The summed E-state index contributed by atoms with van der Waals surface area (Å²) in [7, 11) is 3.12. The van der Waals surface area contributed by atoms with Gasteiger partial charge in [0.15, 0.2) is 16.4 Å². The van der Waals surface area contributed by atoms with Crippen molar-refractivity contribution in [1.82, 2.24) is 10.0 Å². The van der Waals surface area contributed by atoms with Gasteiger partial charge in [-0.3, -0.25) is 4.79 Å². The number of hydrogen-bond donors (Lipinski definition) is 2. The van der Waals surface area contributed by atoms with Crippen LogP contribution in [0.25, 0.3) is 0 Å². The molecule has 0 bridgehead atoms. The summed E-state index contributed by atoms with van der Waals surface area (Å²) >= 11 is -1.39. The van der Waals surface area contributed by atoms with E-state index in [1.807, 2.05) is 19.9 Å². The van der Waals surface area contributed by atoms with Crippen LogP contribution in [0.5, 0.6) is 11.5 Å². The Labute approximate surface area is 192 Å². The Morgan fingerprint density at radius 2 is 1.69 bits per heavy atom. The minimum Gasteiger partial charge on any atom is -0.593 e. The molecule has 2 aromatic rings. The van der Waals surface area contributed by atoms with Crippen LogP contribution in [-0.2, 0) is 16.2 Å². The molecular weight excluding hydrogens is 431 g/mol. The lowest BCUT2D eigenvalue weighted by Gasteiger charge is -2.29. The van der Waals surface area contributed by atoms with Crippen LogP contribution in [0, 0.1) is 18.7 Å². The number of amides is 1. The van der Waals surface area contributed by atoms with Gasteiger partial charge in [0.25, 0.3) is 0 Å². The van der Waals surface area contributed by atoms with Gasteiger partial charge in [-0.25, -0.2) is 4.39 Å². The van der Waals surface area contributed by atoms with Gasteiger partial charge in [0, 0.05) is 17.5 Å². The zero-order valence-electron chi connectivity index (χ0n) is 18.9. The van der Waals surface area contributed by atoms with Crippen molar-refractivity contribution in [2.24, 2.45) is 5.92 Å². The Bertz CT molecular complexity index is 917. The number of carbonyl (C=O) groups is 1. The molecule has 0 aliphatic heterocycles. The predicted molar refractivity (Wildman–Crippen MR) is 123 cm³/mol. The van der Waals surface area contributed by atoms with E-state index in [4.69, 9.17) is 9.47 Å². The lowest BCUT2D eigenvalue weighted by molar-refractivity contribution is -0.126. The van der Waals surface area contributed by atoms with Gasteiger partial charge in [0.1, 0.15) is 5.82 Å². The molecule has 0 saturated heterocycles. The quantitative estimate of drug-likeness (QED) is 0.575. The third-order valence-corrected chi connectivity index (χ3v) is 7.37. The number of methoxy groups -OCH3 is 2. The fraction of sp³-hybridized carbons (Fsp3) is 0.458. The normalized spacial score (nSPS) is 20.3. The molecule has 1 aliphatic carbocycles. The Hall–Kier alpha value is -2.29. The molecular formula is C24H31FN2O4S. The first kappa shape index (κ1) is 24.4. The first-order valence-electron chi connectivity index (χ1n) is 10.8. The lowest BCUT2D eigenvalue weighted by Crippen LogP contribution is -2.41. The fourth-order valence-electron chi connectivity index (χ4n) is 4.02. The summed E-state index contributed by atoms with van der Waals surface area (Å²) in [6.45, 7) is 3.79. The van der Waals surface area contributed by atoms with Gasteiger partial charge in [-0.1, -0.05) is 12.1 Å². The standard InChI is InChI=1S/C24H31FN2O4S/c1-15-13-21(30-3)22(31-4)14-23(15)32(29)27-20-11-7-18(8-12-20)24(28)26-16(2)17-5-9-19(25)10-6-17/h5-6,9-10,13-14,16,18,20,27H,7-8,11-12H2,1-4H3,(H,26,28)/t16-,18-,20-,32?/m1/s1. The predicted octanol–water partition coefficient (Wildman–Crippen LogP) is 4.20. The van der Waals surface area contributed by atoms with Crippen LogP contribution in [-0.4, -0.2) is 30.7 Å². The second-order valence-electron chi connectivity index (χ2n) is 8.19. The first-order chi connectivity index (χ1) is 15.3. The monoisotopic (exact) mass is 462 g/mol. The molecule has 3 rings (SSSR count). The number of aryl methyl sites for hydroxylation is 1. The van der Waals surface area contributed by atoms with Crippen molar-refractivity contribution in [3.05, 3.63) is 53.3 Å². The van der Waals surface area contributed by atoms with Crippen LogP contribution in [0.2, 0.25) is 0 Å². The van der Waals surface area contributed by atoms with E-state index in [2.05, 4.69) is 10.0 Å². The van der Waals surface area contributed by atoms with E-state index in [9.17, 15) is 13.7 Å². The summed E-state index contributed by atoms with van der Waals surface area (Å²) in [4.78, 5) is 13.3. The van der Waals surface area contributed by atoms with Crippen molar-refractivity contribution in [3.8, 4) is 11.5 Å². The Balaban J connectivity index is 1.52. The highest BCUT2D eigenvalue weighted by molar-refractivity contribution is 7.89. The fourth-order valence-corrected chi connectivity index (χ4v) is 5.25. The first-order valence-corrected chi connectivity index (χ1v) is 11.9. The average Bonchev–Trinajstić information content (AvgIpc) is 2.79. The third kappa shape index (κ3) is 5.94. The summed E-state index contributed by atoms with van der Waals surface area (Å²) < 4.78 is 39.9. The molecule has 0 spiro atoms. The summed E-state index contributed by atoms with van der Waals surface area (Å²) in [6, 6.07) is 9.62. The molecule has 32 heavy (non-hydrogen) atoms. The second-order valence-corrected chi connectivity index (χ2v) is 9.40. The van der Waals surface area contributed by atoms with Gasteiger partial charge in [-0.15, -0.1) is 4.72 Å². The third-order valence-electron chi connectivity index (χ3n) is 5.98. The molecule has 1 aliphatic rings. The van der Waals surface area contributed by atoms with Gasteiger partial charge in [0.05, 0.1) is 37.7 Å². The van der Waals surface area contributed by atoms with E-state index < -0.39 is 11.4 Å². The molecule has 2 N–H and O–H groups in total. The molecule has 8 heteroatoms. The highest BCUT2D eigenvalue weighted by atomic mass is 32.2. The number of halogens is 1. The van der Waals surface area contributed by atoms with E-state index in [-0.39, 0.29) is 29.7 Å². The number of nitrogens with one attached hydrogen (secondary N) is 2. The molecule has 2 aromatic carbocycles. The summed E-state index contributed by atoms with van der Waals surface area (Å²) in [6.07, 6.45) is 2.98. The molecule has 0 aromatic heterocycles. The topological polar surface area (TPSA) is 82.7 Å². The number of hydrogen-bond acceptors (Lipinski definition) is 5. The van der Waals surface area contributed by atoms with Crippen molar-refractivity contribution < 1.29 is 23.2 Å². The maximum absolute atomic E-state index is 13.1. The van der Waals surface area contributed by atoms with Crippen molar-refractivity contribution >= 4 is 17.3 Å². The Kier molecular flexibility index (Phi) is 8.39. The van der Waals surface area contributed by atoms with Gasteiger partial charge in [-0.05, 0) is 63.3 Å². The van der Waals surface area contributed by atoms with E-state index >= 15 is 0 Å². The highest BCUT2D eigenvalue weighted by Gasteiger charge is 2.30. The van der Waals surface area contributed by atoms with Gasteiger partial charge >= 0.3 is 0 Å². The molecule has 1 fully saturated rings. The largest absolute Gasteiger partial charge is 0.593 e. The number of rotatable bonds is 8. The van der Waals surface area contributed by atoms with E-state index in [1.165, 1.54) is 12.1 Å². The van der Waals surface area contributed by atoms with E-state index in [0.29, 0.717) is 16.4 Å². The maximum atomic E-state index is 13.1. The second kappa shape index (κ2) is 11.0. The molecule has 1 unspecified atom stereocenters. The molecule has 0 radical (unpaired) electrons. The SMILES string of the molecule is COc1cc(C)c([S+]([O-])N[C@H]2CC[C@H](C(=O)N[C@H](C)c3ccc(F)cc3)CC2)cc1OC. The zero-order chi connectivity index (χ0) is 23.3. The van der Waals surface area contributed by atoms with Gasteiger partial charge < -0.3 is 19.3 Å². The van der Waals surface area contributed by atoms with E-state index in [1.54, 1.807) is 32.4 Å². The van der Waals surface area contributed by atoms with Gasteiger partial charge in [-0.2, -0.15) is 0 Å². The maximum Gasteiger partial charge on any atom is 0.223 e. The van der Waals surface area contributed by atoms with Crippen LogP contribution in [0.3, 0.4) is 0 Å². The van der Waals surface area contributed by atoms with Crippen molar-refractivity contribution in [2.45, 2.75) is 56.5 Å². The molecule has 6 nitrogen and oxygen atoms in total. The smallest absolute Gasteiger partial charge is 0.223 e. The Morgan fingerprint density at radius 1 is 1.09 bits per heavy atom. The van der Waals surface area contributed by atoms with Gasteiger partial charge in [0.2, 0.25) is 5.91 Å². The van der Waals surface area contributed by atoms with Crippen LogP contribution >= 0.6 is 0 Å². The Morgan fingerprint density at radius 3 is 2.28 bits per heavy atom. The summed E-state index contributed by atoms with van der Waals surface area (Å²) in [5.41, 5.74) is 1.73. The molecule has 0 heterocycles. The van der Waals surface area contributed by atoms with Crippen LogP contribution in [0.1, 0.15) is 49.8 Å².